The summed E-state index contributed by atoms with van der Waals surface area (Å²) in [6.07, 6.45) is 0.270. The van der Waals surface area contributed by atoms with Gasteiger partial charge in [-0.1, -0.05) is 70.7 Å². The Morgan fingerprint density at radius 2 is 1.71 bits per heavy atom. The van der Waals surface area contributed by atoms with Crippen LogP contribution in [0.25, 0.3) is 0 Å². The van der Waals surface area contributed by atoms with E-state index in [1.165, 1.54) is 5.56 Å². The molecule has 0 N–H and O–H groups in total. The molecule has 0 saturated carbocycles. The molecule has 0 unspecified atom stereocenters. The van der Waals surface area contributed by atoms with E-state index < -0.39 is 0 Å². The van der Waals surface area contributed by atoms with E-state index in [-0.39, 0.29) is 24.4 Å². The minimum absolute atomic E-state index is 0.0305. The van der Waals surface area contributed by atoms with Gasteiger partial charge in [-0.25, -0.2) is 0 Å². The van der Waals surface area contributed by atoms with Crippen LogP contribution in [0, 0.1) is 6.92 Å². The topological polar surface area (TPSA) is 32.8 Å². The molecular weight excluding hydrogens is 491 g/mol. The number of aryl methyl sites for hydroxylation is 1. The summed E-state index contributed by atoms with van der Waals surface area (Å²) in [4.78, 5) is 17.8. The van der Waals surface area contributed by atoms with Crippen LogP contribution < -0.4 is 4.90 Å². The molecule has 3 aromatic rings. The molecule has 1 fully saturated rings. The van der Waals surface area contributed by atoms with Gasteiger partial charge in [0.05, 0.1) is 25.1 Å². The van der Waals surface area contributed by atoms with Gasteiger partial charge in [-0.15, -0.1) is 0 Å². The van der Waals surface area contributed by atoms with E-state index in [0.29, 0.717) is 34.8 Å². The summed E-state index contributed by atoms with van der Waals surface area (Å²) in [5.74, 6) is 0.0305. The van der Waals surface area contributed by atoms with Gasteiger partial charge in [0, 0.05) is 41.0 Å². The second-order valence-corrected chi connectivity index (χ2v) is 9.91. The number of anilines is 1. The lowest BCUT2D eigenvalue weighted by molar-refractivity contribution is -0.135. The lowest BCUT2D eigenvalue weighted by Gasteiger charge is -2.48. The maximum atomic E-state index is 13.5. The summed E-state index contributed by atoms with van der Waals surface area (Å²) in [6.45, 7) is 3.59. The molecule has 1 aliphatic rings. The maximum absolute atomic E-state index is 13.5. The Balaban J connectivity index is 1.70. The normalized spacial score (nSPS) is 18.3. The molecule has 178 valence electrons. The first-order valence-corrected chi connectivity index (χ1v) is 12.3. The van der Waals surface area contributed by atoms with Gasteiger partial charge < -0.3 is 14.5 Å². The lowest BCUT2D eigenvalue weighted by atomic mass is 9.97. The molecule has 1 aliphatic heterocycles. The van der Waals surface area contributed by atoms with E-state index in [2.05, 4.69) is 36.1 Å². The van der Waals surface area contributed by atoms with Crippen LogP contribution >= 0.6 is 34.8 Å². The minimum Gasteiger partial charge on any atom is -0.382 e. The van der Waals surface area contributed by atoms with Crippen LogP contribution in [-0.4, -0.2) is 43.7 Å². The highest BCUT2D eigenvalue weighted by atomic mass is 35.5. The van der Waals surface area contributed by atoms with Crippen LogP contribution in [0.2, 0.25) is 15.1 Å². The maximum Gasteiger partial charge on any atom is 0.227 e. The van der Waals surface area contributed by atoms with Crippen LogP contribution in [0.3, 0.4) is 0 Å². The van der Waals surface area contributed by atoms with Crippen molar-refractivity contribution in [2.45, 2.75) is 25.4 Å². The third-order valence-electron chi connectivity index (χ3n) is 6.20. The molecular formula is C27H27Cl3N2O2. The molecule has 0 radical (unpaired) electrons. The van der Waals surface area contributed by atoms with Gasteiger partial charge in [-0.2, -0.15) is 0 Å². The van der Waals surface area contributed by atoms with E-state index in [1.807, 2.05) is 41.3 Å². The summed E-state index contributed by atoms with van der Waals surface area (Å²) in [7, 11) is 1.66. The monoisotopic (exact) mass is 516 g/mol. The number of hydrogen-bond acceptors (Lipinski definition) is 3. The van der Waals surface area contributed by atoms with E-state index in [9.17, 15) is 4.79 Å². The number of hydrogen-bond donors (Lipinski definition) is 0. The highest BCUT2D eigenvalue weighted by Crippen LogP contribution is 2.37. The summed E-state index contributed by atoms with van der Waals surface area (Å²) in [5.41, 5.74) is 4.08. The van der Waals surface area contributed by atoms with Crippen molar-refractivity contribution >= 4 is 46.4 Å². The van der Waals surface area contributed by atoms with Crippen LogP contribution in [0.4, 0.5) is 5.69 Å². The Hall–Kier alpha value is -2.24. The van der Waals surface area contributed by atoms with E-state index in [0.717, 1.165) is 16.8 Å². The Labute approximate surface area is 216 Å². The fraction of sp³-hybridized carbons (Fsp3) is 0.296. The number of benzene rings is 3. The molecule has 1 heterocycles. The highest BCUT2D eigenvalue weighted by Gasteiger charge is 2.38. The van der Waals surface area contributed by atoms with Gasteiger partial charge in [0.2, 0.25) is 5.91 Å². The van der Waals surface area contributed by atoms with Crippen molar-refractivity contribution < 1.29 is 9.53 Å². The molecule has 1 amide bonds. The van der Waals surface area contributed by atoms with E-state index in [1.54, 1.807) is 13.2 Å². The predicted octanol–water partition coefficient (Wildman–Crippen LogP) is 6.60. The molecule has 4 nitrogen and oxygen atoms in total. The highest BCUT2D eigenvalue weighted by molar-refractivity contribution is 6.35. The van der Waals surface area contributed by atoms with Gasteiger partial charge in [0.15, 0.2) is 0 Å². The molecule has 4 rings (SSSR count). The number of nitrogens with zero attached hydrogens (tertiary/aromatic N) is 2. The summed E-state index contributed by atoms with van der Waals surface area (Å²) < 4.78 is 5.53. The third kappa shape index (κ3) is 5.69. The summed E-state index contributed by atoms with van der Waals surface area (Å²) >= 11 is 19.0. The average Bonchev–Trinajstić information content (AvgIpc) is 2.80. The molecule has 3 aromatic carbocycles. The molecule has 34 heavy (non-hydrogen) atoms. The standard InChI is InChI=1S/C27H27Cl3N2O2/c1-18-6-9-22(10-7-18)31-15-23(17-34-2)32(27(33)13-19-4-3-5-20(28)12-19)16-26(31)24-11-8-21(29)14-25(24)30/h3-12,14,23,26H,13,15-17H2,1-2H3/t23-,26-/m1/s1. The largest absolute Gasteiger partial charge is 0.382 e. The first kappa shape index (κ1) is 24.9. The fourth-order valence-electron chi connectivity index (χ4n) is 4.51. The van der Waals surface area contributed by atoms with Crippen molar-refractivity contribution in [2.24, 2.45) is 0 Å². The second-order valence-electron chi connectivity index (χ2n) is 8.63. The van der Waals surface area contributed by atoms with E-state index in [4.69, 9.17) is 39.5 Å². The molecule has 1 saturated heterocycles. The fourth-order valence-corrected chi connectivity index (χ4v) is 5.26. The van der Waals surface area contributed by atoms with Crippen LogP contribution in [0.5, 0.6) is 0 Å². The number of ether oxygens (including phenoxy) is 1. The van der Waals surface area contributed by atoms with Crippen molar-refractivity contribution in [3.63, 3.8) is 0 Å². The van der Waals surface area contributed by atoms with Gasteiger partial charge in [0.1, 0.15) is 0 Å². The first-order chi connectivity index (χ1) is 16.4. The van der Waals surface area contributed by atoms with Gasteiger partial charge in [-0.05, 0) is 54.4 Å². The molecule has 0 spiro atoms. The van der Waals surface area contributed by atoms with Crippen molar-refractivity contribution in [1.29, 1.82) is 0 Å². The van der Waals surface area contributed by atoms with Gasteiger partial charge in [-0.3, -0.25) is 4.79 Å². The zero-order valence-corrected chi connectivity index (χ0v) is 21.4. The zero-order valence-electron chi connectivity index (χ0n) is 19.2. The van der Waals surface area contributed by atoms with Gasteiger partial charge in [0.25, 0.3) is 0 Å². The Morgan fingerprint density at radius 1 is 0.971 bits per heavy atom. The second kappa shape index (κ2) is 11.0. The lowest BCUT2D eigenvalue weighted by Crippen LogP contribution is -2.58. The minimum atomic E-state index is -0.135. The van der Waals surface area contributed by atoms with Crippen LogP contribution in [0.15, 0.2) is 66.7 Å². The first-order valence-electron chi connectivity index (χ1n) is 11.2. The molecule has 0 aliphatic carbocycles. The molecule has 2 atom stereocenters. The van der Waals surface area contributed by atoms with Crippen molar-refractivity contribution in [2.75, 3.05) is 31.7 Å². The molecule has 7 heteroatoms. The van der Waals surface area contributed by atoms with Crippen LogP contribution in [0.1, 0.15) is 22.7 Å². The van der Waals surface area contributed by atoms with Crippen LogP contribution in [-0.2, 0) is 16.0 Å². The number of carbonyl (C=O) groups excluding carboxylic acids is 1. The number of halogens is 3. The predicted molar refractivity (Wildman–Crippen MR) is 140 cm³/mol. The zero-order chi connectivity index (χ0) is 24.2. The molecule has 0 aromatic heterocycles. The van der Waals surface area contributed by atoms with E-state index >= 15 is 0 Å². The number of carbonyl (C=O) groups is 1. The van der Waals surface area contributed by atoms with Crippen molar-refractivity contribution in [3.8, 4) is 0 Å². The number of rotatable bonds is 6. The van der Waals surface area contributed by atoms with Crippen molar-refractivity contribution in [1.82, 2.24) is 4.90 Å². The van der Waals surface area contributed by atoms with Gasteiger partial charge >= 0.3 is 0 Å². The Kier molecular flexibility index (Phi) is 8.05. The Morgan fingerprint density at radius 3 is 2.38 bits per heavy atom. The van der Waals surface area contributed by atoms with Crippen molar-refractivity contribution in [3.05, 3.63) is 98.5 Å². The summed E-state index contributed by atoms with van der Waals surface area (Å²) in [5, 5.41) is 1.79. The number of piperazine rings is 1. The number of methoxy groups -OCH3 is 1. The summed E-state index contributed by atoms with van der Waals surface area (Å²) in [6, 6.07) is 21.1. The Bertz CT molecular complexity index is 1150. The molecule has 0 bridgehead atoms. The average molecular weight is 518 g/mol. The number of amides is 1. The SMILES string of the molecule is COC[C@H]1CN(c2ccc(C)cc2)[C@@H](c2ccc(Cl)cc2Cl)CN1C(=O)Cc1cccc(Cl)c1. The smallest absolute Gasteiger partial charge is 0.227 e. The quantitative estimate of drug-likeness (QED) is 0.369. The third-order valence-corrected chi connectivity index (χ3v) is 7.00.